The minimum atomic E-state index is -0.941. The third-order valence-electron chi connectivity index (χ3n) is 6.58. The molecule has 1 aliphatic rings. The van der Waals surface area contributed by atoms with Crippen molar-refractivity contribution in [3.05, 3.63) is 94.2 Å². The lowest BCUT2D eigenvalue weighted by Crippen LogP contribution is -2.40. The van der Waals surface area contributed by atoms with Crippen LogP contribution in [0.5, 0.6) is 0 Å². The predicted octanol–water partition coefficient (Wildman–Crippen LogP) is 5.27. The molecular formula is C30H36N4O5S. The first-order valence-corrected chi connectivity index (χ1v) is 14.3. The summed E-state index contributed by atoms with van der Waals surface area (Å²) >= 11 is 1.04. The average Bonchev–Trinajstić information content (AvgIpc) is 3.37. The Morgan fingerprint density at radius 3 is 2.50 bits per heavy atom. The molecule has 40 heavy (non-hydrogen) atoms. The Morgan fingerprint density at radius 2 is 1.85 bits per heavy atom. The fraction of sp³-hybridized carbons (Fsp3) is 0.400. The zero-order valence-corrected chi connectivity index (χ0v) is 24.1. The van der Waals surface area contributed by atoms with Crippen LogP contribution in [0.25, 0.3) is 0 Å². The van der Waals surface area contributed by atoms with Gasteiger partial charge in [0.25, 0.3) is 5.56 Å². The van der Waals surface area contributed by atoms with Crippen molar-refractivity contribution in [2.45, 2.75) is 76.5 Å². The van der Waals surface area contributed by atoms with Gasteiger partial charge in [-0.25, -0.2) is 14.1 Å². The molecule has 3 atom stereocenters. The molecule has 0 radical (unpaired) electrons. The van der Waals surface area contributed by atoms with Crippen LogP contribution in [0.3, 0.4) is 0 Å². The van der Waals surface area contributed by atoms with E-state index in [1.807, 2.05) is 82.3 Å². The Balaban J connectivity index is 1.46. The van der Waals surface area contributed by atoms with Gasteiger partial charge in [-0.2, -0.15) is 0 Å². The van der Waals surface area contributed by atoms with Gasteiger partial charge in [0, 0.05) is 24.4 Å². The molecule has 2 aromatic carbocycles. The number of hydrogen-bond donors (Lipinski definition) is 2. The second-order valence-electron chi connectivity index (χ2n) is 10.8. The summed E-state index contributed by atoms with van der Waals surface area (Å²) < 4.78 is 8.67. The number of anilines is 1. The quantitative estimate of drug-likeness (QED) is 0.269. The summed E-state index contributed by atoms with van der Waals surface area (Å²) in [6, 6.07) is 17.1. The van der Waals surface area contributed by atoms with Crippen LogP contribution >= 0.6 is 11.9 Å². The van der Waals surface area contributed by atoms with Crippen LogP contribution in [-0.2, 0) is 22.4 Å². The summed E-state index contributed by atoms with van der Waals surface area (Å²) in [6.45, 7) is 7.42. The minimum absolute atomic E-state index is 0.228. The van der Waals surface area contributed by atoms with E-state index in [1.165, 1.54) is 21.1 Å². The van der Waals surface area contributed by atoms with E-state index in [4.69, 9.17) is 4.74 Å². The van der Waals surface area contributed by atoms with Crippen LogP contribution in [0, 0.1) is 0 Å². The standard InChI is InChI=1S/C30H36N4O5S/c1-5-23(34(29(38)39-30(2,3)4)40-28(37)21-9-7-6-8-10-21)19-20-11-13-22(14-12-20)32-27(36)24-15-16-25-31-18-17-26(35)33(24)25/h6-14,17-18,23-24,28,37H,5,15-16,19H2,1-4H3,(H,32,36). The van der Waals surface area contributed by atoms with Gasteiger partial charge in [0.1, 0.15) is 22.9 Å². The first kappa shape index (κ1) is 29.4. The smallest absolute Gasteiger partial charge is 0.420 e. The van der Waals surface area contributed by atoms with Gasteiger partial charge in [0.2, 0.25) is 5.91 Å². The van der Waals surface area contributed by atoms with E-state index in [0.717, 1.165) is 17.5 Å². The molecular weight excluding hydrogens is 528 g/mol. The van der Waals surface area contributed by atoms with Gasteiger partial charge >= 0.3 is 6.09 Å². The third kappa shape index (κ3) is 7.31. The molecule has 9 nitrogen and oxygen atoms in total. The zero-order chi connectivity index (χ0) is 28.9. The number of fused-ring (bicyclic) bond motifs is 1. The Bertz CT molecular complexity index is 1370. The Morgan fingerprint density at radius 1 is 1.15 bits per heavy atom. The van der Waals surface area contributed by atoms with E-state index in [2.05, 4.69) is 10.3 Å². The number of aliphatic hydroxyl groups is 1. The first-order valence-electron chi connectivity index (χ1n) is 13.4. The second kappa shape index (κ2) is 12.7. The summed E-state index contributed by atoms with van der Waals surface area (Å²) in [5.74, 6) is 0.369. The zero-order valence-electron chi connectivity index (χ0n) is 23.2. The monoisotopic (exact) mass is 564 g/mol. The maximum Gasteiger partial charge on any atom is 0.420 e. The molecule has 1 aliphatic heterocycles. The Hall–Kier alpha value is -3.63. The molecule has 2 heterocycles. The molecule has 0 spiro atoms. The van der Waals surface area contributed by atoms with Gasteiger partial charge in [-0.1, -0.05) is 49.4 Å². The van der Waals surface area contributed by atoms with Crippen molar-refractivity contribution in [2.75, 3.05) is 5.32 Å². The number of ether oxygens (including phenoxy) is 1. The van der Waals surface area contributed by atoms with Gasteiger partial charge in [0.05, 0.1) is 6.04 Å². The largest absolute Gasteiger partial charge is 0.443 e. The molecule has 0 saturated carbocycles. The number of carbonyl (C=O) groups excluding carboxylic acids is 2. The van der Waals surface area contributed by atoms with Crippen molar-refractivity contribution in [1.82, 2.24) is 13.9 Å². The van der Waals surface area contributed by atoms with E-state index in [9.17, 15) is 19.5 Å². The van der Waals surface area contributed by atoms with Crippen LogP contribution in [0.15, 0.2) is 71.7 Å². The second-order valence-corrected chi connectivity index (χ2v) is 11.8. The molecule has 212 valence electrons. The number of hydrogen-bond acceptors (Lipinski definition) is 7. The van der Waals surface area contributed by atoms with Crippen LogP contribution in [0.4, 0.5) is 10.5 Å². The number of nitrogens with one attached hydrogen (secondary N) is 1. The Labute approximate surface area is 238 Å². The molecule has 2 N–H and O–H groups in total. The number of amides is 2. The molecule has 10 heteroatoms. The number of aromatic nitrogens is 2. The number of aliphatic hydroxyl groups excluding tert-OH is 1. The maximum absolute atomic E-state index is 13.2. The number of benzene rings is 2. The van der Waals surface area contributed by atoms with Crippen LogP contribution in [0.1, 0.15) is 69.0 Å². The summed E-state index contributed by atoms with van der Waals surface area (Å²) in [5, 5.41) is 13.8. The number of rotatable bonds is 9. The molecule has 0 aliphatic carbocycles. The molecule has 0 saturated heterocycles. The minimum Gasteiger partial charge on any atom is -0.443 e. The highest BCUT2D eigenvalue weighted by Crippen LogP contribution is 2.34. The van der Waals surface area contributed by atoms with E-state index in [0.29, 0.717) is 42.8 Å². The highest BCUT2D eigenvalue weighted by atomic mass is 32.2. The van der Waals surface area contributed by atoms with Crippen molar-refractivity contribution in [3.8, 4) is 0 Å². The van der Waals surface area contributed by atoms with Crippen molar-refractivity contribution in [2.24, 2.45) is 0 Å². The van der Waals surface area contributed by atoms with Gasteiger partial charge in [-0.15, -0.1) is 0 Å². The lowest BCUT2D eigenvalue weighted by atomic mass is 10.0. The van der Waals surface area contributed by atoms with E-state index in [-0.39, 0.29) is 17.5 Å². The third-order valence-corrected chi connectivity index (χ3v) is 7.73. The van der Waals surface area contributed by atoms with Crippen molar-refractivity contribution < 1.29 is 19.4 Å². The topological polar surface area (TPSA) is 114 Å². The summed E-state index contributed by atoms with van der Waals surface area (Å²) in [6.07, 6.45) is 3.23. The van der Waals surface area contributed by atoms with Crippen LogP contribution in [0.2, 0.25) is 0 Å². The van der Waals surface area contributed by atoms with Gasteiger partial charge in [-0.3, -0.25) is 14.2 Å². The average molecular weight is 565 g/mol. The maximum atomic E-state index is 13.2. The highest BCUT2D eigenvalue weighted by molar-refractivity contribution is 7.97. The summed E-state index contributed by atoms with van der Waals surface area (Å²) in [7, 11) is 0. The lowest BCUT2D eigenvalue weighted by molar-refractivity contribution is -0.119. The van der Waals surface area contributed by atoms with Crippen molar-refractivity contribution >= 4 is 29.6 Å². The Kier molecular flexibility index (Phi) is 9.32. The number of nitrogens with zero attached hydrogens (tertiary/aromatic N) is 3. The molecule has 2 amide bonds. The van der Waals surface area contributed by atoms with Gasteiger partial charge in [0.15, 0.2) is 0 Å². The van der Waals surface area contributed by atoms with E-state index >= 15 is 0 Å². The van der Waals surface area contributed by atoms with E-state index in [1.54, 1.807) is 0 Å². The molecule has 3 unspecified atom stereocenters. The first-order chi connectivity index (χ1) is 19.1. The summed E-state index contributed by atoms with van der Waals surface area (Å²) in [4.78, 5) is 42.7. The number of carbonyl (C=O) groups is 2. The molecule has 4 rings (SSSR count). The fourth-order valence-corrected chi connectivity index (χ4v) is 5.62. The molecule has 0 bridgehead atoms. The normalized spacial score (nSPS) is 16.1. The van der Waals surface area contributed by atoms with Crippen LogP contribution in [-0.4, -0.2) is 42.6 Å². The number of aryl methyl sites for hydroxylation is 1. The summed E-state index contributed by atoms with van der Waals surface area (Å²) in [5.41, 5.74) is 0.410. The fourth-order valence-electron chi connectivity index (χ4n) is 4.60. The van der Waals surface area contributed by atoms with E-state index < -0.39 is 23.2 Å². The molecule has 1 aromatic heterocycles. The lowest BCUT2D eigenvalue weighted by Gasteiger charge is -2.33. The predicted molar refractivity (Wildman–Crippen MR) is 156 cm³/mol. The molecule has 3 aromatic rings. The van der Waals surface area contributed by atoms with Crippen molar-refractivity contribution in [1.29, 1.82) is 0 Å². The SMILES string of the molecule is CCC(Cc1ccc(NC(=O)C2CCc3nccc(=O)n32)cc1)N(SC(O)c1ccccc1)C(=O)OC(C)(C)C. The van der Waals surface area contributed by atoms with Gasteiger partial charge in [-0.05, 0) is 75.2 Å². The molecule has 0 fully saturated rings. The van der Waals surface area contributed by atoms with Gasteiger partial charge < -0.3 is 15.2 Å². The van der Waals surface area contributed by atoms with Crippen molar-refractivity contribution in [3.63, 3.8) is 0 Å². The van der Waals surface area contributed by atoms with Crippen LogP contribution < -0.4 is 10.9 Å². The highest BCUT2D eigenvalue weighted by Gasteiger charge is 2.32.